The van der Waals surface area contributed by atoms with E-state index in [0.29, 0.717) is 17.5 Å². The molecule has 11 aromatic rings. The number of rotatable bonds is 5. The summed E-state index contributed by atoms with van der Waals surface area (Å²) in [5.74, 6) is 1.89. The van der Waals surface area contributed by atoms with Crippen molar-refractivity contribution in [3.63, 3.8) is 0 Å². The maximum Gasteiger partial charge on any atom is 0.164 e. The first-order valence-corrected chi connectivity index (χ1v) is 18.8. The van der Waals surface area contributed by atoms with E-state index in [1.54, 1.807) is 0 Å². The molecule has 3 heterocycles. The second kappa shape index (κ2) is 13.0. The first kappa shape index (κ1) is 31.9. The molecule has 0 aliphatic heterocycles. The summed E-state index contributed by atoms with van der Waals surface area (Å²) >= 11 is 0. The Morgan fingerprint density at radius 2 is 0.589 bits per heavy atom. The van der Waals surface area contributed by atoms with Crippen molar-refractivity contribution < 1.29 is 0 Å². The minimum Gasteiger partial charge on any atom is -0.245 e. The molecule has 0 saturated carbocycles. The summed E-state index contributed by atoms with van der Waals surface area (Å²) in [5.41, 5.74) is 8.41. The first-order chi connectivity index (χ1) is 27.7. The summed E-state index contributed by atoms with van der Waals surface area (Å²) in [6.07, 6.45) is 0. The predicted molar refractivity (Wildman–Crippen MR) is 230 cm³/mol. The van der Waals surface area contributed by atoms with Gasteiger partial charge in [-0.05, 0) is 50.5 Å². The van der Waals surface area contributed by atoms with Crippen LogP contribution in [0.15, 0.2) is 188 Å². The van der Waals surface area contributed by atoms with E-state index >= 15 is 0 Å². The van der Waals surface area contributed by atoms with Gasteiger partial charge in [-0.15, -0.1) is 0 Å². The van der Waals surface area contributed by atoms with Crippen molar-refractivity contribution in [2.75, 3.05) is 0 Å². The van der Waals surface area contributed by atoms with Crippen LogP contribution in [-0.2, 0) is 0 Å². The Balaban J connectivity index is 0.987. The van der Waals surface area contributed by atoms with Crippen LogP contribution in [0.2, 0.25) is 0 Å². The molecule has 0 aliphatic carbocycles. The number of pyridine rings is 2. The molecule has 8 aromatic carbocycles. The third kappa shape index (κ3) is 5.45. The second-order valence-corrected chi connectivity index (χ2v) is 14.1. The van der Waals surface area contributed by atoms with Gasteiger partial charge in [-0.1, -0.05) is 170 Å². The molecule has 5 heteroatoms. The lowest BCUT2D eigenvalue weighted by atomic mass is 9.93. The topological polar surface area (TPSA) is 64.5 Å². The molecule has 0 saturated heterocycles. The fraction of sp³-hybridized carbons (Fsp3) is 0. The highest BCUT2D eigenvalue weighted by Crippen LogP contribution is 2.37. The summed E-state index contributed by atoms with van der Waals surface area (Å²) in [5, 5.41) is 9.61. The molecular weight excluding hydrogens is 683 g/mol. The van der Waals surface area contributed by atoms with E-state index in [0.717, 1.165) is 61.0 Å². The molecule has 0 atom stereocenters. The quantitative estimate of drug-likeness (QED) is 0.166. The Morgan fingerprint density at radius 1 is 0.232 bits per heavy atom. The zero-order valence-corrected chi connectivity index (χ0v) is 30.1. The van der Waals surface area contributed by atoms with Crippen molar-refractivity contribution in [1.29, 1.82) is 0 Å². The number of fused-ring (bicyclic) bond motifs is 9. The lowest BCUT2D eigenvalue weighted by Crippen LogP contribution is -2.00. The summed E-state index contributed by atoms with van der Waals surface area (Å²) in [7, 11) is 0. The van der Waals surface area contributed by atoms with Gasteiger partial charge in [-0.2, -0.15) is 0 Å². The second-order valence-electron chi connectivity index (χ2n) is 14.1. The van der Waals surface area contributed by atoms with Crippen LogP contribution in [0.4, 0.5) is 0 Å². The molecule has 56 heavy (non-hydrogen) atoms. The minimum absolute atomic E-state index is 0.619. The lowest BCUT2D eigenvalue weighted by molar-refractivity contribution is 1.07. The molecule has 0 amide bonds. The molecule has 0 spiro atoms. The van der Waals surface area contributed by atoms with Crippen LogP contribution in [-0.4, -0.2) is 24.9 Å². The van der Waals surface area contributed by atoms with Gasteiger partial charge in [-0.25, -0.2) is 24.9 Å². The average molecular weight is 714 g/mol. The van der Waals surface area contributed by atoms with Gasteiger partial charge in [0.2, 0.25) is 0 Å². The van der Waals surface area contributed by atoms with Crippen molar-refractivity contribution >= 4 is 54.1 Å². The maximum absolute atomic E-state index is 5.29. The van der Waals surface area contributed by atoms with E-state index in [2.05, 4.69) is 127 Å². The van der Waals surface area contributed by atoms with Crippen LogP contribution in [0.3, 0.4) is 0 Å². The molecule has 11 rings (SSSR count). The minimum atomic E-state index is 0.619. The molecule has 0 radical (unpaired) electrons. The molecule has 0 unspecified atom stereocenters. The largest absolute Gasteiger partial charge is 0.245 e. The van der Waals surface area contributed by atoms with Crippen LogP contribution >= 0.6 is 0 Å². The molecule has 3 aromatic heterocycles. The van der Waals surface area contributed by atoms with Gasteiger partial charge in [-0.3, -0.25) is 0 Å². The third-order valence-electron chi connectivity index (χ3n) is 10.7. The van der Waals surface area contributed by atoms with E-state index in [9.17, 15) is 0 Å². The lowest BCUT2D eigenvalue weighted by Gasteiger charge is -2.12. The SMILES string of the molecule is c1ccc(-c2nc(-c3ccccc3)nc(-c3ccc(-c4ccc5ccc6ccc(-c7ccc8c9ccccc9c9ccccc9c8c7)nc6c5n4)cc3)n2)cc1. The Bertz CT molecular complexity index is 3200. The fourth-order valence-corrected chi connectivity index (χ4v) is 7.88. The molecule has 260 valence electrons. The highest BCUT2D eigenvalue weighted by molar-refractivity contribution is 6.25. The zero-order chi connectivity index (χ0) is 37.0. The highest BCUT2D eigenvalue weighted by Gasteiger charge is 2.15. The maximum atomic E-state index is 5.29. The fourth-order valence-electron chi connectivity index (χ4n) is 7.88. The van der Waals surface area contributed by atoms with E-state index in [1.165, 1.54) is 32.3 Å². The van der Waals surface area contributed by atoms with E-state index in [-0.39, 0.29) is 0 Å². The predicted octanol–water partition coefficient (Wildman–Crippen LogP) is 12.8. The van der Waals surface area contributed by atoms with E-state index < -0.39 is 0 Å². The van der Waals surface area contributed by atoms with Crippen LogP contribution in [0, 0.1) is 0 Å². The number of aromatic nitrogens is 5. The van der Waals surface area contributed by atoms with Gasteiger partial charge >= 0.3 is 0 Å². The van der Waals surface area contributed by atoms with Crippen molar-refractivity contribution in [3.8, 4) is 56.7 Å². The van der Waals surface area contributed by atoms with Crippen molar-refractivity contribution in [3.05, 3.63) is 188 Å². The summed E-state index contributed by atoms with van der Waals surface area (Å²) in [6.45, 7) is 0. The van der Waals surface area contributed by atoms with Crippen molar-refractivity contribution in [2.24, 2.45) is 0 Å². The Hall–Kier alpha value is -7.63. The number of benzene rings is 8. The number of nitrogens with zero attached hydrogens (tertiary/aromatic N) is 5. The molecule has 0 fully saturated rings. The number of hydrogen-bond donors (Lipinski definition) is 0. The molecule has 0 N–H and O–H groups in total. The van der Waals surface area contributed by atoms with Gasteiger partial charge in [0.05, 0.1) is 22.4 Å². The van der Waals surface area contributed by atoms with Gasteiger partial charge < -0.3 is 0 Å². The molecule has 0 bridgehead atoms. The Morgan fingerprint density at radius 3 is 1.09 bits per heavy atom. The molecule has 5 nitrogen and oxygen atoms in total. The van der Waals surface area contributed by atoms with Gasteiger partial charge in [0.15, 0.2) is 17.5 Å². The Labute approximate surface area is 322 Å². The van der Waals surface area contributed by atoms with Crippen LogP contribution in [0.1, 0.15) is 0 Å². The monoisotopic (exact) mass is 713 g/mol. The summed E-state index contributed by atoms with van der Waals surface area (Å²) in [6, 6.07) is 65.2. The van der Waals surface area contributed by atoms with Crippen LogP contribution in [0.25, 0.3) is 111 Å². The Kier molecular flexibility index (Phi) is 7.42. The van der Waals surface area contributed by atoms with Gasteiger partial charge in [0.25, 0.3) is 0 Å². The zero-order valence-electron chi connectivity index (χ0n) is 30.1. The third-order valence-corrected chi connectivity index (χ3v) is 10.7. The van der Waals surface area contributed by atoms with E-state index in [1.807, 2.05) is 60.7 Å². The van der Waals surface area contributed by atoms with Gasteiger partial charge in [0, 0.05) is 38.6 Å². The van der Waals surface area contributed by atoms with Crippen molar-refractivity contribution in [1.82, 2.24) is 24.9 Å². The van der Waals surface area contributed by atoms with Gasteiger partial charge in [0.1, 0.15) is 0 Å². The summed E-state index contributed by atoms with van der Waals surface area (Å²) in [4.78, 5) is 25.2. The van der Waals surface area contributed by atoms with Crippen molar-refractivity contribution in [2.45, 2.75) is 0 Å². The summed E-state index contributed by atoms with van der Waals surface area (Å²) < 4.78 is 0. The van der Waals surface area contributed by atoms with Crippen LogP contribution in [0.5, 0.6) is 0 Å². The average Bonchev–Trinajstić information content (AvgIpc) is 3.29. The normalized spacial score (nSPS) is 11.6. The molecular formula is C51H31N5. The van der Waals surface area contributed by atoms with Crippen LogP contribution < -0.4 is 0 Å². The standard InChI is InChI=1S/C51H31N5/c1-3-11-35(12-4-1)49-54-50(36-13-5-2-6-14-36)56-51(55-49)37-23-19-32(20-24-37)45-29-26-33-21-22-34-27-30-46(53-48(34)47(33)52-45)38-25-28-43-41-17-8-7-15-39(41)40-16-9-10-18-42(40)44(43)31-38/h1-31H. The number of hydrogen-bond acceptors (Lipinski definition) is 5. The molecule has 0 aliphatic rings. The smallest absolute Gasteiger partial charge is 0.164 e. The highest BCUT2D eigenvalue weighted by atomic mass is 15.0. The van der Waals surface area contributed by atoms with E-state index in [4.69, 9.17) is 24.9 Å². The first-order valence-electron chi connectivity index (χ1n) is 18.8.